The van der Waals surface area contributed by atoms with E-state index in [1.54, 1.807) is 19.2 Å². The molecule has 1 aliphatic rings. The van der Waals surface area contributed by atoms with Gasteiger partial charge in [0.1, 0.15) is 11.6 Å². The van der Waals surface area contributed by atoms with E-state index in [2.05, 4.69) is 21.2 Å². The molecule has 8 heteroatoms. The Morgan fingerprint density at radius 3 is 2.48 bits per heavy atom. The molecule has 0 bridgehead atoms. The summed E-state index contributed by atoms with van der Waals surface area (Å²) in [6.45, 7) is 3.18. The molecule has 1 saturated heterocycles. The molecule has 7 nitrogen and oxygen atoms in total. The van der Waals surface area contributed by atoms with Crippen molar-refractivity contribution >= 4 is 17.3 Å². The second-order valence-electron chi connectivity index (χ2n) is 6.90. The number of hydrogen-bond donors (Lipinski definition) is 0. The minimum Gasteiger partial charge on any atom is -0.496 e. The van der Waals surface area contributed by atoms with Crippen molar-refractivity contribution in [1.82, 2.24) is 14.8 Å². The van der Waals surface area contributed by atoms with E-state index in [1.165, 1.54) is 12.1 Å². The second-order valence-corrected chi connectivity index (χ2v) is 6.90. The molecule has 0 unspecified atom stereocenters. The highest BCUT2D eigenvalue weighted by Gasteiger charge is 2.20. The van der Waals surface area contributed by atoms with Crippen LogP contribution in [0.3, 0.4) is 0 Å². The molecule has 0 N–H and O–H groups in total. The summed E-state index contributed by atoms with van der Waals surface area (Å²) in [4.78, 5) is 4.14. The quantitative estimate of drug-likeness (QED) is 0.659. The van der Waals surface area contributed by atoms with Gasteiger partial charge in [0, 0.05) is 44.6 Å². The van der Waals surface area contributed by atoms with Gasteiger partial charge < -0.3 is 19.3 Å². The predicted molar refractivity (Wildman–Crippen MR) is 110 cm³/mol. The third-order valence-corrected chi connectivity index (χ3v) is 5.17. The largest absolute Gasteiger partial charge is 0.496 e. The first kappa shape index (κ1) is 19.2. The van der Waals surface area contributed by atoms with Crippen LogP contribution in [0.25, 0.3) is 11.4 Å². The number of benzene rings is 2. The van der Waals surface area contributed by atoms with Gasteiger partial charge in [-0.1, -0.05) is 0 Å². The molecular weight excluding hydrogens is 373 g/mol. The molecule has 0 radical (unpaired) electrons. The van der Waals surface area contributed by atoms with Crippen LogP contribution in [-0.4, -0.2) is 55.2 Å². The van der Waals surface area contributed by atoms with Gasteiger partial charge in [-0.2, -0.15) is 0 Å². The number of halogens is 1. The van der Waals surface area contributed by atoms with Crippen molar-refractivity contribution in [3.8, 4) is 17.1 Å². The predicted octanol–water partition coefficient (Wildman–Crippen LogP) is 3.23. The number of nitrogens with zero attached hydrogens (tertiary/aromatic N) is 5. The summed E-state index contributed by atoms with van der Waals surface area (Å²) in [5.74, 6) is 1.80. The number of rotatable bonds is 5. The van der Waals surface area contributed by atoms with Gasteiger partial charge in [-0.3, -0.25) is 4.57 Å². The Morgan fingerprint density at radius 2 is 1.79 bits per heavy atom. The first-order valence-corrected chi connectivity index (χ1v) is 9.48. The number of morpholine rings is 1. The number of anilines is 3. The summed E-state index contributed by atoms with van der Waals surface area (Å²) in [5, 5.41) is 8.73. The molecule has 2 aromatic carbocycles. The maximum absolute atomic E-state index is 13.2. The van der Waals surface area contributed by atoms with E-state index < -0.39 is 0 Å². The lowest BCUT2D eigenvalue weighted by atomic mass is 10.1. The summed E-state index contributed by atoms with van der Waals surface area (Å²) in [6.07, 6.45) is 0. The van der Waals surface area contributed by atoms with Crippen LogP contribution in [0.1, 0.15) is 0 Å². The fraction of sp³-hybridized carbons (Fsp3) is 0.333. The Hall–Kier alpha value is -3.13. The van der Waals surface area contributed by atoms with Gasteiger partial charge >= 0.3 is 0 Å². The highest BCUT2D eigenvalue weighted by molar-refractivity contribution is 5.71. The average molecular weight is 397 g/mol. The number of methoxy groups -OCH3 is 1. The molecule has 1 aliphatic heterocycles. The average Bonchev–Trinajstić information content (AvgIpc) is 3.15. The van der Waals surface area contributed by atoms with Crippen LogP contribution in [-0.2, 0) is 11.8 Å². The van der Waals surface area contributed by atoms with E-state index in [1.807, 2.05) is 35.7 Å². The summed E-state index contributed by atoms with van der Waals surface area (Å²) in [7, 11) is 5.43. The maximum Gasteiger partial charge on any atom is 0.231 e. The molecule has 3 aromatic rings. The van der Waals surface area contributed by atoms with Gasteiger partial charge in [-0.05, 0) is 36.4 Å². The normalized spacial score (nSPS) is 14.1. The molecule has 0 aliphatic carbocycles. The molecule has 0 spiro atoms. The van der Waals surface area contributed by atoms with Crippen LogP contribution in [0, 0.1) is 5.82 Å². The van der Waals surface area contributed by atoms with Crippen LogP contribution in [0.4, 0.5) is 21.7 Å². The Morgan fingerprint density at radius 1 is 1.07 bits per heavy atom. The molecule has 152 valence electrons. The van der Waals surface area contributed by atoms with Crippen molar-refractivity contribution in [3.05, 3.63) is 48.3 Å². The van der Waals surface area contributed by atoms with Crippen molar-refractivity contribution in [2.75, 3.05) is 50.3 Å². The maximum atomic E-state index is 13.2. The molecule has 29 heavy (non-hydrogen) atoms. The third kappa shape index (κ3) is 3.75. The smallest absolute Gasteiger partial charge is 0.231 e. The van der Waals surface area contributed by atoms with Crippen LogP contribution in [0.2, 0.25) is 0 Å². The molecule has 1 aromatic heterocycles. The van der Waals surface area contributed by atoms with Gasteiger partial charge in [-0.25, -0.2) is 4.39 Å². The monoisotopic (exact) mass is 397 g/mol. The van der Waals surface area contributed by atoms with Crippen molar-refractivity contribution in [3.63, 3.8) is 0 Å². The summed E-state index contributed by atoms with van der Waals surface area (Å²) in [5.41, 5.74) is 2.78. The lowest BCUT2D eigenvalue weighted by molar-refractivity contribution is 0.122. The number of hydrogen-bond acceptors (Lipinski definition) is 6. The van der Waals surface area contributed by atoms with Crippen molar-refractivity contribution < 1.29 is 13.9 Å². The van der Waals surface area contributed by atoms with Gasteiger partial charge in [0.2, 0.25) is 5.95 Å². The molecule has 1 fully saturated rings. The molecule has 0 saturated carbocycles. The summed E-state index contributed by atoms with van der Waals surface area (Å²) < 4.78 is 26.2. The summed E-state index contributed by atoms with van der Waals surface area (Å²) >= 11 is 0. The second kappa shape index (κ2) is 8.08. The Balaban J connectivity index is 1.65. The van der Waals surface area contributed by atoms with Crippen LogP contribution < -0.4 is 14.5 Å². The zero-order valence-electron chi connectivity index (χ0n) is 16.8. The zero-order valence-corrected chi connectivity index (χ0v) is 16.8. The molecule has 0 amide bonds. The van der Waals surface area contributed by atoms with E-state index in [-0.39, 0.29) is 5.82 Å². The summed E-state index contributed by atoms with van der Waals surface area (Å²) in [6, 6.07) is 12.4. The highest BCUT2D eigenvalue weighted by Crippen LogP contribution is 2.34. The van der Waals surface area contributed by atoms with E-state index in [0.29, 0.717) is 11.8 Å². The molecule has 0 atom stereocenters. The van der Waals surface area contributed by atoms with Gasteiger partial charge in [-0.15, -0.1) is 10.2 Å². The topological polar surface area (TPSA) is 55.7 Å². The molecule has 4 rings (SSSR count). The Kier molecular flexibility index (Phi) is 5.35. The minimum atomic E-state index is -0.272. The Bertz CT molecular complexity index is 983. The lowest BCUT2D eigenvalue weighted by Crippen LogP contribution is -2.36. The van der Waals surface area contributed by atoms with E-state index in [0.717, 1.165) is 49.0 Å². The van der Waals surface area contributed by atoms with Crippen LogP contribution in [0.5, 0.6) is 5.75 Å². The first-order chi connectivity index (χ1) is 14.1. The third-order valence-electron chi connectivity index (χ3n) is 5.17. The fourth-order valence-corrected chi connectivity index (χ4v) is 3.51. The molecular formula is C21H24FN5O2. The van der Waals surface area contributed by atoms with E-state index in [9.17, 15) is 4.39 Å². The highest BCUT2D eigenvalue weighted by atomic mass is 19.1. The van der Waals surface area contributed by atoms with E-state index >= 15 is 0 Å². The van der Waals surface area contributed by atoms with Crippen molar-refractivity contribution in [2.24, 2.45) is 7.05 Å². The van der Waals surface area contributed by atoms with E-state index in [4.69, 9.17) is 9.47 Å². The first-order valence-electron chi connectivity index (χ1n) is 9.48. The van der Waals surface area contributed by atoms with Crippen LogP contribution in [0.15, 0.2) is 42.5 Å². The van der Waals surface area contributed by atoms with Gasteiger partial charge in [0.15, 0.2) is 5.82 Å². The number of aromatic nitrogens is 3. The van der Waals surface area contributed by atoms with Crippen LogP contribution >= 0.6 is 0 Å². The van der Waals surface area contributed by atoms with Crippen molar-refractivity contribution in [2.45, 2.75) is 0 Å². The van der Waals surface area contributed by atoms with Gasteiger partial charge in [0.25, 0.3) is 0 Å². The fourth-order valence-electron chi connectivity index (χ4n) is 3.51. The SMILES string of the molecule is COc1cc(N2CCOCC2)ccc1-c1nnc(N(C)c2ccc(F)cc2)n1C. The number of ether oxygens (including phenoxy) is 2. The zero-order chi connectivity index (χ0) is 20.4. The van der Waals surface area contributed by atoms with Gasteiger partial charge in [0.05, 0.1) is 25.9 Å². The minimum absolute atomic E-state index is 0.272. The Labute approximate surface area is 169 Å². The van der Waals surface area contributed by atoms with Crippen molar-refractivity contribution in [1.29, 1.82) is 0 Å². The molecule has 2 heterocycles. The lowest BCUT2D eigenvalue weighted by Gasteiger charge is -2.29. The standard InChI is InChI=1S/C21H24FN5O2/c1-25(16-6-4-15(22)5-7-16)21-24-23-20(26(21)2)18-9-8-17(14-19(18)28-3)27-10-12-29-13-11-27/h4-9,14H,10-13H2,1-3H3.